The minimum atomic E-state index is 0.139. The number of piperazine rings is 1. The Hall–Kier alpha value is -1.35. The van der Waals surface area contributed by atoms with Gasteiger partial charge >= 0.3 is 0 Å². The highest BCUT2D eigenvalue weighted by Gasteiger charge is 2.17. The molecule has 0 N–H and O–H groups in total. The summed E-state index contributed by atoms with van der Waals surface area (Å²) in [7, 11) is 0. The summed E-state index contributed by atoms with van der Waals surface area (Å²) in [6, 6.07) is 10.1. The Bertz CT molecular complexity index is 310. The van der Waals surface area contributed by atoms with Gasteiger partial charge in [0.15, 0.2) is 0 Å². The molecule has 0 aromatic heterocycles. The zero-order chi connectivity index (χ0) is 9.80. The Morgan fingerprint density at radius 3 is 2.79 bits per heavy atom. The van der Waals surface area contributed by atoms with Gasteiger partial charge in [-0.1, -0.05) is 30.3 Å². The van der Waals surface area contributed by atoms with Gasteiger partial charge in [-0.05, 0) is 5.56 Å². The van der Waals surface area contributed by atoms with Gasteiger partial charge in [-0.3, -0.25) is 4.79 Å². The second kappa shape index (κ2) is 4.24. The van der Waals surface area contributed by atoms with E-state index in [0.717, 1.165) is 19.6 Å². The predicted octanol–water partition coefficient (Wildman–Crippen LogP) is 0.633. The summed E-state index contributed by atoms with van der Waals surface area (Å²) in [6.07, 6.45) is 0. The van der Waals surface area contributed by atoms with E-state index in [1.807, 2.05) is 35.2 Å². The molecule has 1 amide bonds. The van der Waals surface area contributed by atoms with Crippen LogP contribution in [-0.4, -0.2) is 30.4 Å². The first-order valence-corrected chi connectivity index (χ1v) is 4.81. The predicted molar refractivity (Wildman–Crippen MR) is 53.7 cm³/mol. The Labute approximate surface area is 83.7 Å². The summed E-state index contributed by atoms with van der Waals surface area (Å²) in [5.74, 6) is 0.139. The summed E-state index contributed by atoms with van der Waals surface area (Å²) in [6.45, 7) is 2.61. The van der Waals surface area contributed by atoms with Crippen LogP contribution < -0.4 is 5.32 Å². The van der Waals surface area contributed by atoms with Gasteiger partial charge in [0.2, 0.25) is 5.91 Å². The molecular weight excluding hydrogens is 176 g/mol. The Kier molecular flexibility index (Phi) is 2.79. The lowest BCUT2D eigenvalue weighted by Gasteiger charge is -2.26. The Morgan fingerprint density at radius 1 is 1.29 bits per heavy atom. The molecule has 1 aromatic carbocycles. The normalized spacial score (nSPS) is 17.1. The van der Waals surface area contributed by atoms with Gasteiger partial charge in [0.05, 0.1) is 6.54 Å². The molecule has 0 aliphatic carbocycles. The SMILES string of the molecule is O=C1C[N]CCN1Cc1ccccc1. The van der Waals surface area contributed by atoms with Crippen molar-refractivity contribution < 1.29 is 4.79 Å². The molecule has 0 spiro atoms. The number of benzene rings is 1. The van der Waals surface area contributed by atoms with Crippen LogP contribution in [0.2, 0.25) is 0 Å². The molecule has 14 heavy (non-hydrogen) atoms. The van der Waals surface area contributed by atoms with Crippen molar-refractivity contribution in [3.05, 3.63) is 35.9 Å². The van der Waals surface area contributed by atoms with Crippen LogP contribution in [0.3, 0.4) is 0 Å². The van der Waals surface area contributed by atoms with Crippen LogP contribution in [0.15, 0.2) is 30.3 Å². The van der Waals surface area contributed by atoms with Crippen LogP contribution >= 0.6 is 0 Å². The highest BCUT2D eigenvalue weighted by Crippen LogP contribution is 2.05. The number of rotatable bonds is 2. The lowest BCUT2D eigenvalue weighted by Crippen LogP contribution is -2.44. The largest absolute Gasteiger partial charge is 0.336 e. The van der Waals surface area contributed by atoms with Crippen molar-refractivity contribution in [3.63, 3.8) is 0 Å². The number of nitrogens with zero attached hydrogens (tertiary/aromatic N) is 2. The van der Waals surface area contributed by atoms with Gasteiger partial charge < -0.3 is 4.90 Å². The molecule has 1 aromatic rings. The average Bonchev–Trinajstić information content (AvgIpc) is 2.23. The zero-order valence-electron chi connectivity index (χ0n) is 8.02. The van der Waals surface area contributed by atoms with Crippen molar-refractivity contribution in [2.24, 2.45) is 0 Å². The molecule has 0 unspecified atom stereocenters. The molecule has 0 saturated carbocycles. The Balaban J connectivity index is 2.00. The molecule has 1 heterocycles. The van der Waals surface area contributed by atoms with Crippen molar-refractivity contribution in [2.75, 3.05) is 19.6 Å². The summed E-state index contributed by atoms with van der Waals surface area (Å²) in [5, 5.41) is 4.06. The van der Waals surface area contributed by atoms with E-state index >= 15 is 0 Å². The van der Waals surface area contributed by atoms with E-state index in [9.17, 15) is 4.79 Å². The number of hydrogen-bond acceptors (Lipinski definition) is 1. The van der Waals surface area contributed by atoms with Crippen LogP contribution in [0.5, 0.6) is 0 Å². The van der Waals surface area contributed by atoms with Crippen molar-refractivity contribution >= 4 is 5.91 Å². The van der Waals surface area contributed by atoms with E-state index in [4.69, 9.17) is 0 Å². The fourth-order valence-electron chi connectivity index (χ4n) is 1.56. The molecule has 0 bridgehead atoms. The maximum absolute atomic E-state index is 11.4. The molecule has 3 heteroatoms. The lowest BCUT2D eigenvalue weighted by atomic mass is 10.2. The molecule has 1 aliphatic heterocycles. The van der Waals surface area contributed by atoms with E-state index in [1.54, 1.807) is 0 Å². The number of amides is 1. The molecular formula is C11H13N2O. The quantitative estimate of drug-likeness (QED) is 0.672. The molecule has 2 rings (SSSR count). The minimum absolute atomic E-state index is 0.139. The first-order valence-electron chi connectivity index (χ1n) is 4.81. The van der Waals surface area contributed by atoms with Crippen LogP contribution in [0.25, 0.3) is 0 Å². The first kappa shape index (κ1) is 9.21. The average molecular weight is 189 g/mol. The van der Waals surface area contributed by atoms with Crippen molar-refractivity contribution in [3.8, 4) is 0 Å². The first-order chi connectivity index (χ1) is 6.86. The van der Waals surface area contributed by atoms with Gasteiger partial charge in [-0.2, -0.15) is 0 Å². The lowest BCUT2D eigenvalue weighted by molar-refractivity contribution is -0.132. The number of hydrogen-bond donors (Lipinski definition) is 0. The number of carbonyl (C=O) groups excluding carboxylic acids is 1. The zero-order valence-corrected chi connectivity index (χ0v) is 8.02. The van der Waals surface area contributed by atoms with Gasteiger partial charge in [0.25, 0.3) is 0 Å². The standard InChI is InChI=1S/C11H13N2O/c14-11-8-12-6-7-13(11)9-10-4-2-1-3-5-10/h1-5H,6-9H2. The van der Waals surface area contributed by atoms with Crippen molar-refractivity contribution in [1.29, 1.82) is 0 Å². The van der Waals surface area contributed by atoms with E-state index in [-0.39, 0.29) is 5.91 Å². The second-order valence-corrected chi connectivity index (χ2v) is 3.41. The van der Waals surface area contributed by atoms with Crippen molar-refractivity contribution in [1.82, 2.24) is 10.2 Å². The van der Waals surface area contributed by atoms with E-state index in [2.05, 4.69) is 5.32 Å². The Morgan fingerprint density at radius 2 is 2.07 bits per heavy atom. The summed E-state index contributed by atoms with van der Waals surface area (Å²) < 4.78 is 0. The molecule has 73 valence electrons. The molecule has 1 fully saturated rings. The van der Waals surface area contributed by atoms with Gasteiger partial charge in [0.1, 0.15) is 0 Å². The number of carbonyl (C=O) groups is 1. The third kappa shape index (κ3) is 2.12. The fraction of sp³-hybridized carbons (Fsp3) is 0.364. The van der Waals surface area contributed by atoms with E-state index < -0.39 is 0 Å². The van der Waals surface area contributed by atoms with Crippen LogP contribution in [-0.2, 0) is 11.3 Å². The topological polar surface area (TPSA) is 34.4 Å². The van der Waals surface area contributed by atoms with Crippen LogP contribution in [0, 0.1) is 0 Å². The molecule has 0 atom stereocenters. The second-order valence-electron chi connectivity index (χ2n) is 3.41. The summed E-state index contributed by atoms with van der Waals surface area (Å²) >= 11 is 0. The van der Waals surface area contributed by atoms with Gasteiger partial charge in [-0.25, -0.2) is 5.32 Å². The highest BCUT2D eigenvalue weighted by atomic mass is 16.2. The molecule has 1 radical (unpaired) electrons. The highest BCUT2D eigenvalue weighted by molar-refractivity contribution is 5.78. The fourth-order valence-corrected chi connectivity index (χ4v) is 1.56. The maximum atomic E-state index is 11.4. The summed E-state index contributed by atoms with van der Waals surface area (Å²) in [5.41, 5.74) is 1.18. The van der Waals surface area contributed by atoms with Gasteiger partial charge in [0, 0.05) is 19.6 Å². The third-order valence-corrected chi connectivity index (χ3v) is 2.34. The van der Waals surface area contributed by atoms with E-state index in [1.165, 1.54) is 5.56 Å². The van der Waals surface area contributed by atoms with Crippen LogP contribution in [0.1, 0.15) is 5.56 Å². The smallest absolute Gasteiger partial charge is 0.238 e. The molecule has 1 aliphatic rings. The van der Waals surface area contributed by atoms with E-state index in [0.29, 0.717) is 6.54 Å². The molecule has 3 nitrogen and oxygen atoms in total. The summed E-state index contributed by atoms with van der Waals surface area (Å²) in [4.78, 5) is 13.3. The molecule has 1 saturated heterocycles. The third-order valence-electron chi connectivity index (χ3n) is 2.34. The maximum Gasteiger partial charge on any atom is 0.238 e. The van der Waals surface area contributed by atoms with Gasteiger partial charge in [-0.15, -0.1) is 0 Å². The van der Waals surface area contributed by atoms with Crippen LogP contribution in [0.4, 0.5) is 0 Å². The van der Waals surface area contributed by atoms with Crippen molar-refractivity contribution in [2.45, 2.75) is 6.54 Å². The minimum Gasteiger partial charge on any atom is -0.336 e. The monoisotopic (exact) mass is 189 g/mol.